The first-order valence-corrected chi connectivity index (χ1v) is 6.92. The molecule has 0 fully saturated rings. The summed E-state index contributed by atoms with van der Waals surface area (Å²) in [4.78, 5) is 14.5. The average molecular weight is 361 g/mol. The molecule has 0 radical (unpaired) electrons. The summed E-state index contributed by atoms with van der Waals surface area (Å²) in [5, 5.41) is 1.76. The molecule has 1 aromatic heterocycles. The Hall–Kier alpha value is -0.910. The molecule has 1 aliphatic rings. The third kappa shape index (κ3) is 2.68. The topological polar surface area (TPSA) is 24.2 Å². The van der Waals surface area contributed by atoms with Gasteiger partial charge >= 0.3 is 11.0 Å². The van der Waals surface area contributed by atoms with Crippen LogP contribution < -0.4 is 9.47 Å². The molecule has 0 aliphatic carbocycles. The molecule has 0 saturated heterocycles. The fourth-order valence-electron chi connectivity index (χ4n) is 2.09. The van der Waals surface area contributed by atoms with Gasteiger partial charge in [0.1, 0.15) is 19.3 Å². The van der Waals surface area contributed by atoms with Gasteiger partial charge in [0.15, 0.2) is 0 Å². The molecule has 1 amide bonds. The Labute approximate surface area is 131 Å². The Bertz CT molecular complexity index is 612. The highest BCUT2D eigenvalue weighted by Gasteiger charge is 2.34. The Kier molecular flexibility index (Phi) is 4.28. The van der Waals surface area contributed by atoms with Crippen LogP contribution in [0, 0.1) is 0 Å². The summed E-state index contributed by atoms with van der Waals surface area (Å²) >= 11 is 7.53. The SMILES string of the molecule is Br.CC(=O)N1CC[n+]2cc(-c3ccc(Cl)cc3)sc21. The van der Waals surface area contributed by atoms with E-state index in [-0.39, 0.29) is 22.9 Å². The molecule has 0 N–H and O–H groups in total. The second kappa shape index (κ2) is 5.61. The zero-order valence-electron chi connectivity index (χ0n) is 10.3. The number of hydrogen-bond donors (Lipinski definition) is 0. The fourth-order valence-corrected chi connectivity index (χ4v) is 3.44. The van der Waals surface area contributed by atoms with E-state index in [0.29, 0.717) is 0 Å². The highest BCUT2D eigenvalue weighted by molar-refractivity contribution is 8.93. The summed E-state index contributed by atoms with van der Waals surface area (Å²) < 4.78 is 2.13. The molecular formula is C13H13BrClN2OS+. The van der Waals surface area contributed by atoms with Gasteiger partial charge in [0, 0.05) is 11.9 Å². The molecule has 100 valence electrons. The van der Waals surface area contributed by atoms with Crippen molar-refractivity contribution < 1.29 is 9.36 Å². The first-order chi connectivity index (χ1) is 8.65. The summed E-state index contributed by atoms with van der Waals surface area (Å²) in [7, 11) is 0. The van der Waals surface area contributed by atoms with Gasteiger partial charge in [-0.2, -0.15) is 4.90 Å². The van der Waals surface area contributed by atoms with Gasteiger partial charge in [0.05, 0.1) is 4.88 Å². The maximum absolute atomic E-state index is 11.5. The normalized spacial score (nSPS) is 13.1. The molecule has 0 saturated carbocycles. The number of hydrogen-bond acceptors (Lipinski definition) is 2. The van der Waals surface area contributed by atoms with E-state index < -0.39 is 0 Å². The minimum Gasteiger partial charge on any atom is -0.247 e. The lowest BCUT2D eigenvalue weighted by Gasteiger charge is -2.01. The summed E-state index contributed by atoms with van der Waals surface area (Å²) in [6, 6.07) is 7.77. The number of benzene rings is 1. The Morgan fingerprint density at radius 1 is 1.37 bits per heavy atom. The smallest absolute Gasteiger partial charge is 0.247 e. The molecule has 6 heteroatoms. The van der Waals surface area contributed by atoms with Crippen LogP contribution in [0.5, 0.6) is 0 Å². The monoisotopic (exact) mass is 359 g/mol. The van der Waals surface area contributed by atoms with Gasteiger partial charge in [-0.1, -0.05) is 23.7 Å². The summed E-state index contributed by atoms with van der Waals surface area (Å²) in [6.07, 6.45) is 2.10. The second-order valence-corrected chi connectivity index (χ2v) is 5.69. The van der Waals surface area contributed by atoms with Crippen LogP contribution in [0.4, 0.5) is 5.13 Å². The zero-order chi connectivity index (χ0) is 12.7. The van der Waals surface area contributed by atoms with E-state index in [1.165, 1.54) is 0 Å². The highest BCUT2D eigenvalue weighted by atomic mass is 79.9. The van der Waals surface area contributed by atoms with Crippen molar-refractivity contribution >= 4 is 51.0 Å². The molecule has 3 nitrogen and oxygen atoms in total. The van der Waals surface area contributed by atoms with Crippen molar-refractivity contribution in [3.63, 3.8) is 0 Å². The van der Waals surface area contributed by atoms with Gasteiger partial charge in [0.25, 0.3) is 0 Å². The molecule has 0 spiro atoms. The molecule has 0 unspecified atom stereocenters. The van der Waals surface area contributed by atoms with Gasteiger partial charge in [-0.15, -0.1) is 17.0 Å². The first kappa shape index (κ1) is 14.5. The van der Waals surface area contributed by atoms with E-state index in [4.69, 9.17) is 11.6 Å². The lowest BCUT2D eigenvalue weighted by atomic mass is 10.2. The molecule has 1 aliphatic heterocycles. The fraction of sp³-hybridized carbons (Fsp3) is 0.231. The van der Waals surface area contributed by atoms with E-state index >= 15 is 0 Å². The van der Waals surface area contributed by atoms with Crippen molar-refractivity contribution in [1.82, 2.24) is 0 Å². The van der Waals surface area contributed by atoms with Gasteiger partial charge in [0.2, 0.25) is 0 Å². The Morgan fingerprint density at radius 2 is 2.05 bits per heavy atom. The lowest BCUT2D eigenvalue weighted by molar-refractivity contribution is -0.666. The zero-order valence-corrected chi connectivity index (χ0v) is 13.6. The van der Waals surface area contributed by atoms with Crippen LogP contribution in [-0.2, 0) is 11.3 Å². The van der Waals surface area contributed by atoms with Crippen LogP contribution in [-0.4, -0.2) is 12.5 Å². The number of amides is 1. The Balaban J connectivity index is 0.00000133. The lowest BCUT2D eigenvalue weighted by Crippen LogP contribution is -2.28. The van der Waals surface area contributed by atoms with E-state index in [1.807, 2.05) is 29.2 Å². The van der Waals surface area contributed by atoms with Gasteiger partial charge in [-0.25, -0.2) is 9.36 Å². The van der Waals surface area contributed by atoms with E-state index in [0.717, 1.165) is 33.7 Å². The largest absolute Gasteiger partial charge is 0.344 e. The maximum Gasteiger partial charge on any atom is 0.344 e. The van der Waals surface area contributed by atoms with E-state index in [9.17, 15) is 4.79 Å². The van der Waals surface area contributed by atoms with Crippen molar-refractivity contribution in [1.29, 1.82) is 0 Å². The molecule has 2 aromatic rings. The summed E-state index contributed by atoms with van der Waals surface area (Å²) in [5.74, 6) is 0.103. The number of thiazole rings is 1. The van der Waals surface area contributed by atoms with Crippen molar-refractivity contribution in [2.24, 2.45) is 0 Å². The predicted octanol–water partition coefficient (Wildman–Crippen LogP) is 3.30. The van der Waals surface area contributed by atoms with Crippen LogP contribution in [0.1, 0.15) is 6.92 Å². The van der Waals surface area contributed by atoms with Crippen LogP contribution in [0.25, 0.3) is 10.4 Å². The number of halogens is 2. The third-order valence-electron chi connectivity index (χ3n) is 3.02. The summed E-state index contributed by atoms with van der Waals surface area (Å²) in [5.41, 5.74) is 1.13. The van der Waals surface area contributed by atoms with Gasteiger partial charge in [-0.3, -0.25) is 0 Å². The number of nitrogens with zero attached hydrogens (tertiary/aromatic N) is 2. The first-order valence-electron chi connectivity index (χ1n) is 5.72. The third-order valence-corrected chi connectivity index (χ3v) is 4.47. The molecule has 3 rings (SSSR count). The van der Waals surface area contributed by atoms with Crippen LogP contribution in [0.15, 0.2) is 30.5 Å². The number of fused-ring (bicyclic) bond motifs is 1. The number of rotatable bonds is 1. The molecule has 19 heavy (non-hydrogen) atoms. The van der Waals surface area contributed by atoms with Crippen molar-refractivity contribution in [3.05, 3.63) is 35.5 Å². The van der Waals surface area contributed by atoms with Crippen LogP contribution in [0.3, 0.4) is 0 Å². The number of aromatic nitrogens is 1. The maximum atomic E-state index is 11.5. The molecule has 0 bridgehead atoms. The second-order valence-electron chi connectivity index (χ2n) is 4.25. The van der Waals surface area contributed by atoms with Gasteiger partial charge < -0.3 is 0 Å². The van der Waals surface area contributed by atoms with Crippen LogP contribution >= 0.6 is 39.9 Å². The number of anilines is 1. The van der Waals surface area contributed by atoms with E-state index in [2.05, 4.69) is 10.8 Å². The average Bonchev–Trinajstić information content (AvgIpc) is 2.88. The number of carbonyl (C=O) groups excluding carboxylic acids is 1. The van der Waals surface area contributed by atoms with Crippen molar-refractivity contribution in [3.8, 4) is 10.4 Å². The van der Waals surface area contributed by atoms with Crippen molar-refractivity contribution in [2.75, 3.05) is 11.4 Å². The molecule has 1 aromatic carbocycles. The Morgan fingerprint density at radius 3 is 2.68 bits per heavy atom. The quantitative estimate of drug-likeness (QED) is 0.716. The molecular weight excluding hydrogens is 348 g/mol. The standard InChI is InChI=1S/C13H12ClN2OS.BrH/c1-9(17)16-7-6-15-8-12(18-13(15)16)10-2-4-11(14)5-3-10;/h2-5,8H,6-7H2,1H3;1H/q+1;. The van der Waals surface area contributed by atoms with E-state index in [1.54, 1.807) is 18.3 Å². The van der Waals surface area contributed by atoms with Crippen molar-refractivity contribution in [2.45, 2.75) is 13.5 Å². The highest BCUT2D eigenvalue weighted by Crippen LogP contribution is 2.32. The van der Waals surface area contributed by atoms with Crippen LogP contribution in [0.2, 0.25) is 5.02 Å². The summed E-state index contributed by atoms with van der Waals surface area (Å²) in [6.45, 7) is 3.26. The predicted molar refractivity (Wildman–Crippen MR) is 83.3 cm³/mol. The minimum atomic E-state index is 0. The minimum absolute atomic E-state index is 0. The van der Waals surface area contributed by atoms with Gasteiger partial charge in [-0.05, 0) is 29.0 Å². The molecule has 2 heterocycles. The molecule has 0 atom stereocenters. The number of carbonyl (C=O) groups is 1.